The Labute approximate surface area is 135 Å². The minimum Gasteiger partial charge on any atom is -0.206 e. The van der Waals surface area contributed by atoms with Crippen molar-refractivity contribution in [2.24, 2.45) is 10.2 Å². The second-order valence-electron chi connectivity index (χ2n) is 5.48. The number of rotatable bonds is 6. The highest BCUT2D eigenvalue weighted by Crippen LogP contribution is 2.15. The fraction of sp³-hybridized carbons (Fsp3) is 0.263. The number of nitrogens with zero attached hydrogens (tertiary/aromatic N) is 2. The standard InChI is InChI=1S/C19H20F2N2/c1-3-4-5-16-10-18(20)17(19(21)11-16)13-23-22-12-15-8-6-14(2)7-9-15/h6-13H,3-5H2,1-2H3. The molecule has 2 nitrogen and oxygen atoms in total. The molecule has 120 valence electrons. The molecule has 2 rings (SSSR count). The van der Waals surface area contributed by atoms with Crippen LogP contribution in [0.3, 0.4) is 0 Å². The van der Waals surface area contributed by atoms with E-state index in [0.29, 0.717) is 12.0 Å². The maximum atomic E-state index is 13.9. The molecule has 0 bridgehead atoms. The van der Waals surface area contributed by atoms with Gasteiger partial charge in [0.25, 0.3) is 0 Å². The van der Waals surface area contributed by atoms with Crippen LogP contribution in [0, 0.1) is 18.6 Å². The summed E-state index contributed by atoms with van der Waals surface area (Å²) in [4.78, 5) is 0. The number of halogens is 2. The summed E-state index contributed by atoms with van der Waals surface area (Å²) in [7, 11) is 0. The number of hydrogen-bond acceptors (Lipinski definition) is 2. The lowest BCUT2D eigenvalue weighted by Crippen LogP contribution is -1.97. The van der Waals surface area contributed by atoms with Crippen LogP contribution in [-0.2, 0) is 6.42 Å². The minimum absolute atomic E-state index is 0.161. The lowest BCUT2D eigenvalue weighted by molar-refractivity contribution is 0.575. The molecule has 0 fully saturated rings. The van der Waals surface area contributed by atoms with Crippen molar-refractivity contribution in [2.45, 2.75) is 33.1 Å². The third kappa shape index (κ3) is 5.09. The zero-order chi connectivity index (χ0) is 16.7. The monoisotopic (exact) mass is 314 g/mol. The first-order valence-electron chi connectivity index (χ1n) is 7.71. The summed E-state index contributed by atoms with van der Waals surface area (Å²) in [6, 6.07) is 10.4. The van der Waals surface area contributed by atoms with Crippen molar-refractivity contribution in [1.29, 1.82) is 0 Å². The average molecular weight is 314 g/mol. The molecule has 0 saturated heterocycles. The third-order valence-electron chi connectivity index (χ3n) is 3.50. The molecule has 0 radical (unpaired) electrons. The van der Waals surface area contributed by atoms with E-state index in [9.17, 15) is 8.78 Å². The summed E-state index contributed by atoms with van der Waals surface area (Å²) in [6.45, 7) is 4.04. The molecule has 0 saturated carbocycles. The fourth-order valence-electron chi connectivity index (χ4n) is 2.13. The molecule has 0 unspecified atom stereocenters. The molecule has 2 aromatic rings. The van der Waals surface area contributed by atoms with Crippen molar-refractivity contribution in [1.82, 2.24) is 0 Å². The van der Waals surface area contributed by atoms with E-state index in [0.717, 1.165) is 30.2 Å². The average Bonchev–Trinajstić information content (AvgIpc) is 2.53. The zero-order valence-corrected chi connectivity index (χ0v) is 13.4. The van der Waals surface area contributed by atoms with Crippen LogP contribution < -0.4 is 0 Å². The van der Waals surface area contributed by atoms with Crippen molar-refractivity contribution < 1.29 is 8.78 Å². The molecule has 0 aromatic heterocycles. The molecule has 0 spiro atoms. The Morgan fingerprint density at radius 2 is 1.57 bits per heavy atom. The Bertz CT molecular complexity index is 681. The smallest absolute Gasteiger partial charge is 0.135 e. The topological polar surface area (TPSA) is 24.7 Å². The summed E-state index contributed by atoms with van der Waals surface area (Å²) in [6.07, 6.45) is 5.22. The lowest BCUT2D eigenvalue weighted by Gasteiger charge is -2.04. The van der Waals surface area contributed by atoms with E-state index in [2.05, 4.69) is 10.2 Å². The first-order valence-corrected chi connectivity index (χ1v) is 7.71. The van der Waals surface area contributed by atoms with Gasteiger partial charge in [-0.15, -0.1) is 0 Å². The molecule has 0 amide bonds. The van der Waals surface area contributed by atoms with Gasteiger partial charge in [0, 0.05) is 0 Å². The third-order valence-corrected chi connectivity index (χ3v) is 3.50. The molecule has 0 aliphatic heterocycles. The van der Waals surface area contributed by atoms with Gasteiger partial charge >= 0.3 is 0 Å². The maximum absolute atomic E-state index is 13.9. The maximum Gasteiger partial charge on any atom is 0.135 e. The van der Waals surface area contributed by atoms with Crippen LogP contribution >= 0.6 is 0 Å². The van der Waals surface area contributed by atoms with E-state index in [1.807, 2.05) is 38.1 Å². The second kappa shape index (κ2) is 8.32. The van der Waals surface area contributed by atoms with Gasteiger partial charge < -0.3 is 0 Å². The van der Waals surface area contributed by atoms with E-state index in [4.69, 9.17) is 0 Å². The van der Waals surface area contributed by atoms with E-state index >= 15 is 0 Å². The highest BCUT2D eigenvalue weighted by Gasteiger charge is 2.09. The highest BCUT2D eigenvalue weighted by atomic mass is 19.1. The number of unbranched alkanes of at least 4 members (excludes halogenated alkanes) is 1. The van der Waals surface area contributed by atoms with Crippen LogP contribution in [-0.4, -0.2) is 12.4 Å². The number of benzene rings is 2. The molecular formula is C19H20F2N2. The Morgan fingerprint density at radius 1 is 0.957 bits per heavy atom. The summed E-state index contributed by atoms with van der Waals surface area (Å²) < 4.78 is 27.9. The first kappa shape index (κ1) is 17.0. The van der Waals surface area contributed by atoms with Crippen molar-refractivity contribution in [3.8, 4) is 0 Å². The Balaban J connectivity index is 2.08. The fourth-order valence-corrected chi connectivity index (χ4v) is 2.13. The molecule has 0 aliphatic rings. The van der Waals surface area contributed by atoms with Gasteiger partial charge in [-0.25, -0.2) is 8.78 Å². The number of aryl methyl sites for hydroxylation is 2. The van der Waals surface area contributed by atoms with Crippen LogP contribution in [0.2, 0.25) is 0 Å². The Morgan fingerprint density at radius 3 is 2.17 bits per heavy atom. The SMILES string of the molecule is CCCCc1cc(F)c(C=NN=Cc2ccc(C)cc2)c(F)c1. The van der Waals surface area contributed by atoms with Crippen LogP contribution in [0.15, 0.2) is 46.6 Å². The molecule has 0 N–H and O–H groups in total. The van der Waals surface area contributed by atoms with Gasteiger partial charge in [0.1, 0.15) is 11.6 Å². The molecule has 0 aliphatic carbocycles. The van der Waals surface area contributed by atoms with Gasteiger partial charge in [0.05, 0.1) is 18.0 Å². The molecule has 0 atom stereocenters. The van der Waals surface area contributed by atoms with Crippen molar-refractivity contribution in [3.63, 3.8) is 0 Å². The molecule has 2 aromatic carbocycles. The zero-order valence-electron chi connectivity index (χ0n) is 13.4. The van der Waals surface area contributed by atoms with Crippen molar-refractivity contribution in [3.05, 3.63) is 70.3 Å². The van der Waals surface area contributed by atoms with Crippen LogP contribution in [0.4, 0.5) is 8.78 Å². The first-order chi connectivity index (χ1) is 11.1. The predicted molar refractivity (Wildman–Crippen MR) is 91.3 cm³/mol. The van der Waals surface area contributed by atoms with Gasteiger partial charge in [0.15, 0.2) is 0 Å². The summed E-state index contributed by atoms with van der Waals surface area (Å²) in [5, 5.41) is 7.57. The predicted octanol–water partition coefficient (Wildman–Crippen LogP) is 5.07. The van der Waals surface area contributed by atoms with Crippen molar-refractivity contribution >= 4 is 12.4 Å². The van der Waals surface area contributed by atoms with E-state index in [1.165, 1.54) is 12.1 Å². The normalized spacial score (nSPS) is 11.7. The van der Waals surface area contributed by atoms with E-state index < -0.39 is 11.6 Å². The highest BCUT2D eigenvalue weighted by molar-refractivity contribution is 5.83. The molecule has 0 heterocycles. The Hall–Kier alpha value is -2.36. The van der Waals surface area contributed by atoms with Gasteiger partial charge in [-0.2, -0.15) is 10.2 Å². The van der Waals surface area contributed by atoms with Crippen molar-refractivity contribution in [2.75, 3.05) is 0 Å². The van der Waals surface area contributed by atoms with Crippen LogP contribution in [0.1, 0.15) is 42.0 Å². The second-order valence-corrected chi connectivity index (χ2v) is 5.48. The Kier molecular flexibility index (Phi) is 6.15. The quantitative estimate of drug-likeness (QED) is 0.525. The lowest BCUT2D eigenvalue weighted by atomic mass is 10.1. The van der Waals surface area contributed by atoms with E-state index in [1.54, 1.807) is 6.21 Å². The van der Waals surface area contributed by atoms with E-state index in [-0.39, 0.29) is 5.56 Å². The van der Waals surface area contributed by atoms with Gasteiger partial charge in [0.2, 0.25) is 0 Å². The number of hydrogen-bond donors (Lipinski definition) is 0. The summed E-state index contributed by atoms with van der Waals surface area (Å²) >= 11 is 0. The minimum atomic E-state index is -0.606. The summed E-state index contributed by atoms with van der Waals surface area (Å²) in [5.41, 5.74) is 2.54. The van der Waals surface area contributed by atoms with Gasteiger partial charge in [-0.1, -0.05) is 43.2 Å². The molecule has 4 heteroatoms. The van der Waals surface area contributed by atoms with Crippen LogP contribution in [0.5, 0.6) is 0 Å². The summed E-state index contributed by atoms with van der Waals surface area (Å²) in [5.74, 6) is -1.21. The largest absolute Gasteiger partial charge is 0.206 e. The molecule has 23 heavy (non-hydrogen) atoms. The molecular weight excluding hydrogens is 294 g/mol. The van der Waals surface area contributed by atoms with Gasteiger partial charge in [-0.05, 0) is 43.0 Å². The van der Waals surface area contributed by atoms with Gasteiger partial charge in [-0.3, -0.25) is 0 Å². The van der Waals surface area contributed by atoms with Crippen LogP contribution in [0.25, 0.3) is 0 Å².